The molecule has 3 heterocycles. The summed E-state index contributed by atoms with van der Waals surface area (Å²) in [5, 5.41) is 16.9. The van der Waals surface area contributed by atoms with Crippen molar-refractivity contribution in [2.75, 3.05) is 11.9 Å². The van der Waals surface area contributed by atoms with Crippen molar-refractivity contribution in [1.29, 1.82) is 0 Å². The predicted molar refractivity (Wildman–Crippen MR) is 97.7 cm³/mol. The molecule has 0 aromatic carbocycles. The Hall–Kier alpha value is -2.58. The third-order valence-electron chi connectivity index (χ3n) is 3.65. The molecule has 0 spiro atoms. The van der Waals surface area contributed by atoms with Crippen LogP contribution in [0.25, 0.3) is 10.2 Å². The predicted octanol–water partition coefficient (Wildman–Crippen LogP) is 2.37. The highest BCUT2D eigenvalue weighted by molar-refractivity contribution is 7.17. The van der Waals surface area contributed by atoms with Crippen LogP contribution in [-0.2, 0) is 0 Å². The number of thiophene rings is 1. The molecule has 0 saturated carbocycles. The third kappa shape index (κ3) is 3.92. The molecule has 0 aliphatic carbocycles. The number of carbonyl (C=O) groups is 1. The van der Waals surface area contributed by atoms with E-state index in [0.717, 1.165) is 10.4 Å². The molecule has 0 fully saturated rings. The van der Waals surface area contributed by atoms with Gasteiger partial charge in [0.05, 0.1) is 28.6 Å². The van der Waals surface area contributed by atoms with E-state index >= 15 is 0 Å². The number of fused-ring (bicyclic) bond motifs is 1. The summed E-state index contributed by atoms with van der Waals surface area (Å²) in [6, 6.07) is 7.08. The summed E-state index contributed by atoms with van der Waals surface area (Å²) in [5.74, 6) is 0.0378. The highest BCUT2D eigenvalue weighted by Crippen LogP contribution is 2.25. The van der Waals surface area contributed by atoms with Crippen molar-refractivity contribution in [2.24, 2.45) is 0 Å². The number of hydrogen-bond donors (Lipinski definition) is 3. The second-order valence-electron chi connectivity index (χ2n) is 5.71. The number of aromatic nitrogens is 3. The van der Waals surface area contributed by atoms with Gasteiger partial charge in [0.1, 0.15) is 0 Å². The Morgan fingerprint density at radius 3 is 2.84 bits per heavy atom. The van der Waals surface area contributed by atoms with Crippen LogP contribution in [0.15, 0.2) is 35.8 Å². The third-order valence-corrected chi connectivity index (χ3v) is 4.56. The Kier molecular flexibility index (Phi) is 5.20. The minimum Gasteiger partial charge on any atom is -0.394 e. The van der Waals surface area contributed by atoms with Crippen LogP contribution in [0, 0.1) is 0 Å². The molecule has 0 bridgehead atoms. The van der Waals surface area contributed by atoms with Crippen molar-refractivity contribution < 1.29 is 9.90 Å². The highest BCUT2D eigenvalue weighted by atomic mass is 32.1. The minimum atomic E-state index is -0.346. The van der Waals surface area contributed by atoms with Crippen LogP contribution in [0.3, 0.4) is 0 Å². The van der Waals surface area contributed by atoms with Gasteiger partial charge in [0.2, 0.25) is 5.95 Å². The molecule has 3 aromatic heterocycles. The summed E-state index contributed by atoms with van der Waals surface area (Å²) in [4.78, 5) is 25.7. The second-order valence-corrected chi connectivity index (χ2v) is 6.62. The van der Waals surface area contributed by atoms with Gasteiger partial charge in [-0.2, -0.15) is 0 Å². The molecule has 0 aliphatic heterocycles. The molecule has 3 aromatic rings. The molecule has 2 unspecified atom stereocenters. The summed E-state index contributed by atoms with van der Waals surface area (Å²) >= 11 is 1.41. The van der Waals surface area contributed by atoms with E-state index in [0.29, 0.717) is 17.2 Å². The van der Waals surface area contributed by atoms with Gasteiger partial charge in [-0.15, -0.1) is 11.3 Å². The number of nitrogens with zero attached hydrogens (tertiary/aromatic N) is 3. The van der Waals surface area contributed by atoms with Gasteiger partial charge in [-0.1, -0.05) is 6.07 Å². The van der Waals surface area contributed by atoms with Gasteiger partial charge in [0, 0.05) is 12.2 Å². The molecule has 3 rings (SSSR count). The fraction of sp³-hybridized carbons (Fsp3) is 0.294. The fourth-order valence-electron chi connectivity index (χ4n) is 2.32. The van der Waals surface area contributed by atoms with Crippen LogP contribution in [-0.4, -0.2) is 38.6 Å². The lowest BCUT2D eigenvalue weighted by Gasteiger charge is -2.15. The van der Waals surface area contributed by atoms with Gasteiger partial charge in [-0.05, 0) is 37.4 Å². The zero-order valence-corrected chi connectivity index (χ0v) is 14.7. The first-order valence-electron chi connectivity index (χ1n) is 7.93. The average Bonchev–Trinajstić information content (AvgIpc) is 3.10. The number of aliphatic hydroxyl groups excluding tert-OH is 1. The summed E-state index contributed by atoms with van der Waals surface area (Å²) in [7, 11) is 0. The van der Waals surface area contributed by atoms with Crippen molar-refractivity contribution >= 4 is 33.4 Å². The topological polar surface area (TPSA) is 100 Å². The molecule has 2 atom stereocenters. The molecule has 25 heavy (non-hydrogen) atoms. The molecule has 7 nitrogen and oxygen atoms in total. The fourth-order valence-corrected chi connectivity index (χ4v) is 3.14. The van der Waals surface area contributed by atoms with E-state index in [1.54, 1.807) is 13.1 Å². The van der Waals surface area contributed by atoms with E-state index in [4.69, 9.17) is 5.11 Å². The second kappa shape index (κ2) is 7.54. The lowest BCUT2D eigenvalue weighted by molar-refractivity contribution is 0.0919. The van der Waals surface area contributed by atoms with Crippen LogP contribution in [0.1, 0.15) is 36.1 Å². The standard InChI is InChI=1S/C17H19N5O2S/c1-10(9-23)19-16(24)14-15-13(6-8-25-15)21-17(22-14)20-11(2)12-5-3-4-7-18-12/h3-8,10-11,23H,9H2,1-2H3,(H,19,24)(H,20,21,22). The van der Waals surface area contributed by atoms with E-state index in [9.17, 15) is 4.79 Å². The van der Waals surface area contributed by atoms with Crippen molar-refractivity contribution in [1.82, 2.24) is 20.3 Å². The molecular weight excluding hydrogens is 338 g/mol. The first-order chi connectivity index (χ1) is 12.1. The number of amides is 1. The van der Waals surface area contributed by atoms with E-state index in [1.165, 1.54) is 11.3 Å². The van der Waals surface area contributed by atoms with Crippen LogP contribution in [0.4, 0.5) is 5.95 Å². The van der Waals surface area contributed by atoms with Gasteiger partial charge in [0.15, 0.2) is 5.69 Å². The summed E-state index contributed by atoms with van der Waals surface area (Å²) in [6.45, 7) is 3.55. The summed E-state index contributed by atoms with van der Waals surface area (Å²) in [5.41, 5.74) is 1.87. The SMILES string of the molecule is CC(CO)NC(=O)c1nc(NC(C)c2ccccn2)nc2ccsc12. The van der Waals surface area contributed by atoms with Crippen LogP contribution >= 0.6 is 11.3 Å². The number of rotatable bonds is 6. The number of carbonyl (C=O) groups excluding carboxylic acids is 1. The average molecular weight is 357 g/mol. The van der Waals surface area contributed by atoms with Gasteiger partial charge in [0.25, 0.3) is 5.91 Å². The Labute approximate surface area is 149 Å². The summed E-state index contributed by atoms with van der Waals surface area (Å²) in [6.07, 6.45) is 1.73. The number of pyridine rings is 1. The normalized spacial score (nSPS) is 13.4. The van der Waals surface area contributed by atoms with Crippen LogP contribution in [0.2, 0.25) is 0 Å². The Balaban J connectivity index is 1.90. The minimum absolute atomic E-state index is 0.107. The van der Waals surface area contributed by atoms with Gasteiger partial charge in [-0.25, -0.2) is 9.97 Å². The smallest absolute Gasteiger partial charge is 0.271 e. The van der Waals surface area contributed by atoms with Crippen molar-refractivity contribution in [3.05, 3.63) is 47.2 Å². The quantitative estimate of drug-likeness (QED) is 0.626. The number of anilines is 1. The van der Waals surface area contributed by atoms with Gasteiger partial charge < -0.3 is 15.7 Å². The molecule has 1 amide bonds. The number of aliphatic hydroxyl groups is 1. The largest absolute Gasteiger partial charge is 0.394 e. The maximum Gasteiger partial charge on any atom is 0.271 e. The maximum atomic E-state index is 12.5. The van der Waals surface area contributed by atoms with E-state index in [1.807, 2.05) is 36.6 Å². The molecule has 8 heteroatoms. The molecular formula is C17H19N5O2S. The van der Waals surface area contributed by atoms with Gasteiger partial charge in [-0.3, -0.25) is 9.78 Å². The van der Waals surface area contributed by atoms with Crippen molar-refractivity contribution in [2.45, 2.75) is 25.9 Å². The van der Waals surface area contributed by atoms with Crippen LogP contribution < -0.4 is 10.6 Å². The molecule has 0 radical (unpaired) electrons. The zero-order valence-electron chi connectivity index (χ0n) is 13.9. The lowest BCUT2D eigenvalue weighted by atomic mass is 10.2. The Morgan fingerprint density at radius 1 is 1.28 bits per heavy atom. The number of hydrogen-bond acceptors (Lipinski definition) is 7. The maximum absolute atomic E-state index is 12.5. The van der Waals surface area contributed by atoms with Crippen molar-refractivity contribution in [3.63, 3.8) is 0 Å². The van der Waals surface area contributed by atoms with Gasteiger partial charge >= 0.3 is 0 Å². The van der Waals surface area contributed by atoms with E-state index in [-0.39, 0.29) is 24.6 Å². The molecule has 0 saturated heterocycles. The lowest BCUT2D eigenvalue weighted by Crippen LogP contribution is -2.35. The van der Waals surface area contributed by atoms with E-state index in [2.05, 4.69) is 25.6 Å². The van der Waals surface area contributed by atoms with E-state index < -0.39 is 0 Å². The first kappa shape index (κ1) is 17.2. The molecule has 130 valence electrons. The van der Waals surface area contributed by atoms with Crippen LogP contribution in [0.5, 0.6) is 0 Å². The van der Waals surface area contributed by atoms with Crippen molar-refractivity contribution in [3.8, 4) is 0 Å². The number of nitrogens with one attached hydrogen (secondary N) is 2. The Bertz CT molecular complexity index is 868. The first-order valence-corrected chi connectivity index (χ1v) is 8.81. The summed E-state index contributed by atoms with van der Waals surface area (Å²) < 4.78 is 0.721. The Morgan fingerprint density at radius 2 is 2.12 bits per heavy atom. The highest BCUT2D eigenvalue weighted by Gasteiger charge is 2.18. The molecule has 0 aliphatic rings. The zero-order chi connectivity index (χ0) is 17.8. The monoisotopic (exact) mass is 357 g/mol. The molecule has 3 N–H and O–H groups in total.